The first-order valence-electron chi connectivity index (χ1n) is 8.22. The Morgan fingerprint density at radius 2 is 2.08 bits per heavy atom. The number of hydrogen-bond donors (Lipinski definition) is 1. The molecular weight excluding hydrogens is 342 g/mol. The number of nitrogens with one attached hydrogen (secondary N) is 1. The molecule has 0 radical (unpaired) electrons. The molecule has 2 aromatic heterocycles. The molecule has 0 spiro atoms. The van der Waals surface area contributed by atoms with E-state index in [0.29, 0.717) is 10.8 Å². The highest BCUT2D eigenvalue weighted by molar-refractivity contribution is 6.30. The van der Waals surface area contributed by atoms with E-state index in [-0.39, 0.29) is 5.91 Å². The van der Waals surface area contributed by atoms with Gasteiger partial charge in [0.1, 0.15) is 11.4 Å². The second-order valence-electron chi connectivity index (χ2n) is 6.56. The number of halogens is 1. The molecule has 7 nitrogen and oxygen atoms in total. The van der Waals surface area contributed by atoms with Crippen LogP contribution in [0.1, 0.15) is 19.4 Å². The lowest BCUT2D eigenvalue weighted by Crippen LogP contribution is -2.40. The van der Waals surface area contributed by atoms with Gasteiger partial charge in [-0.25, -0.2) is 4.98 Å². The topological polar surface area (TPSA) is 72.3 Å². The van der Waals surface area contributed by atoms with E-state index in [1.54, 1.807) is 26.2 Å². The van der Waals surface area contributed by atoms with Crippen LogP contribution in [0.5, 0.6) is 0 Å². The minimum absolute atomic E-state index is 0.208. The minimum atomic E-state index is -0.874. The van der Waals surface area contributed by atoms with E-state index in [4.69, 9.17) is 16.3 Å². The Morgan fingerprint density at radius 1 is 1.32 bits per heavy atom. The van der Waals surface area contributed by atoms with Crippen LogP contribution in [-0.4, -0.2) is 51.9 Å². The molecule has 1 amide bonds. The van der Waals surface area contributed by atoms with Crippen LogP contribution in [0.2, 0.25) is 5.02 Å². The summed E-state index contributed by atoms with van der Waals surface area (Å²) in [5.41, 5.74) is 0.236. The summed E-state index contributed by atoms with van der Waals surface area (Å²) >= 11 is 5.89. The fourth-order valence-corrected chi connectivity index (χ4v) is 2.73. The van der Waals surface area contributed by atoms with Gasteiger partial charge in [-0.3, -0.25) is 14.4 Å². The van der Waals surface area contributed by atoms with Crippen LogP contribution in [0, 0.1) is 0 Å². The number of hydrogen-bond acceptors (Lipinski definition) is 5. The lowest BCUT2D eigenvalue weighted by atomic mass is 10.1. The molecule has 134 valence electrons. The monoisotopic (exact) mass is 363 g/mol. The molecule has 0 bridgehead atoms. The largest absolute Gasteiger partial charge is 0.379 e. The molecule has 8 heteroatoms. The first kappa shape index (κ1) is 17.8. The standard InChI is InChI=1S/C17H22ClN5O2/c1-17(2,23-12-14(18)10-20-23)16(24)21-15-4-3-13(9-19-15)11-22-5-7-25-8-6-22/h3-4,9-10,12H,5-8,11H2,1-2H3,(H,19,21,24). The molecule has 0 aromatic carbocycles. The van der Waals surface area contributed by atoms with Gasteiger partial charge in [0.15, 0.2) is 0 Å². The fraction of sp³-hybridized carbons (Fsp3) is 0.471. The van der Waals surface area contributed by atoms with Crippen molar-refractivity contribution < 1.29 is 9.53 Å². The highest BCUT2D eigenvalue weighted by atomic mass is 35.5. The molecule has 25 heavy (non-hydrogen) atoms. The maximum atomic E-state index is 12.6. The zero-order chi connectivity index (χ0) is 17.9. The van der Waals surface area contributed by atoms with Crippen LogP contribution in [-0.2, 0) is 21.6 Å². The van der Waals surface area contributed by atoms with Crippen molar-refractivity contribution in [1.29, 1.82) is 0 Å². The number of carbonyl (C=O) groups is 1. The number of amides is 1. The van der Waals surface area contributed by atoms with Crippen LogP contribution < -0.4 is 5.32 Å². The Balaban J connectivity index is 1.61. The molecule has 0 unspecified atom stereocenters. The number of ether oxygens (including phenoxy) is 1. The normalized spacial score (nSPS) is 16.0. The average Bonchev–Trinajstić information content (AvgIpc) is 3.05. The number of nitrogens with zero attached hydrogens (tertiary/aromatic N) is 4. The summed E-state index contributed by atoms with van der Waals surface area (Å²) in [7, 11) is 0. The summed E-state index contributed by atoms with van der Waals surface area (Å²) in [6, 6.07) is 3.80. The Labute approximate surface area is 151 Å². The van der Waals surface area contributed by atoms with Gasteiger partial charge in [-0.2, -0.15) is 5.10 Å². The summed E-state index contributed by atoms with van der Waals surface area (Å²) in [6.45, 7) is 7.79. The lowest BCUT2D eigenvalue weighted by molar-refractivity contribution is -0.123. The summed E-state index contributed by atoms with van der Waals surface area (Å²) in [5, 5.41) is 7.44. The van der Waals surface area contributed by atoms with Gasteiger partial charge in [0.2, 0.25) is 0 Å². The quantitative estimate of drug-likeness (QED) is 0.881. The molecule has 3 rings (SSSR count). The molecular formula is C17H22ClN5O2. The van der Waals surface area contributed by atoms with Gasteiger partial charge in [0, 0.05) is 32.0 Å². The maximum Gasteiger partial charge on any atom is 0.252 e. The molecule has 0 atom stereocenters. The molecule has 0 aliphatic carbocycles. The summed E-state index contributed by atoms with van der Waals surface area (Å²) in [5.74, 6) is 0.308. The summed E-state index contributed by atoms with van der Waals surface area (Å²) in [4.78, 5) is 19.2. The van der Waals surface area contributed by atoms with Gasteiger partial charge in [-0.05, 0) is 25.5 Å². The summed E-state index contributed by atoms with van der Waals surface area (Å²) < 4.78 is 6.89. The molecule has 2 aromatic rings. The highest BCUT2D eigenvalue weighted by Crippen LogP contribution is 2.19. The van der Waals surface area contributed by atoms with Crippen LogP contribution in [0.15, 0.2) is 30.7 Å². The van der Waals surface area contributed by atoms with E-state index in [9.17, 15) is 4.79 Å². The van der Waals surface area contributed by atoms with Crippen molar-refractivity contribution in [2.75, 3.05) is 31.6 Å². The van der Waals surface area contributed by atoms with Crippen molar-refractivity contribution in [1.82, 2.24) is 19.7 Å². The molecule has 3 heterocycles. The van der Waals surface area contributed by atoms with E-state index in [0.717, 1.165) is 38.4 Å². The van der Waals surface area contributed by atoms with Crippen molar-refractivity contribution in [2.24, 2.45) is 0 Å². The van der Waals surface area contributed by atoms with Crippen molar-refractivity contribution in [3.05, 3.63) is 41.3 Å². The van der Waals surface area contributed by atoms with E-state index in [2.05, 4.69) is 20.3 Å². The number of carbonyl (C=O) groups excluding carboxylic acids is 1. The first-order valence-corrected chi connectivity index (χ1v) is 8.60. The second kappa shape index (κ2) is 7.51. The van der Waals surface area contributed by atoms with E-state index in [1.807, 2.05) is 12.1 Å². The maximum absolute atomic E-state index is 12.6. The van der Waals surface area contributed by atoms with E-state index >= 15 is 0 Å². The van der Waals surface area contributed by atoms with Crippen LogP contribution >= 0.6 is 11.6 Å². The SMILES string of the molecule is CC(C)(C(=O)Nc1ccc(CN2CCOCC2)cn1)n1cc(Cl)cn1. The van der Waals surface area contributed by atoms with Gasteiger partial charge >= 0.3 is 0 Å². The van der Waals surface area contributed by atoms with Crippen molar-refractivity contribution >= 4 is 23.3 Å². The molecule has 1 aliphatic heterocycles. The molecule has 0 saturated carbocycles. The Bertz CT molecular complexity index is 723. The smallest absolute Gasteiger partial charge is 0.252 e. The van der Waals surface area contributed by atoms with Crippen molar-refractivity contribution in [2.45, 2.75) is 25.9 Å². The number of morpholine rings is 1. The second-order valence-corrected chi connectivity index (χ2v) is 6.99. The van der Waals surface area contributed by atoms with Gasteiger partial charge in [0.05, 0.1) is 24.4 Å². The third-order valence-corrected chi connectivity index (χ3v) is 4.45. The van der Waals surface area contributed by atoms with Gasteiger partial charge in [0.25, 0.3) is 5.91 Å². The molecule has 1 fully saturated rings. The third-order valence-electron chi connectivity index (χ3n) is 4.26. The lowest BCUT2D eigenvalue weighted by Gasteiger charge is -2.26. The molecule has 1 N–H and O–H groups in total. The Hall–Kier alpha value is -1.96. The van der Waals surface area contributed by atoms with Crippen molar-refractivity contribution in [3.8, 4) is 0 Å². The Morgan fingerprint density at radius 3 is 2.68 bits per heavy atom. The molecule has 1 aliphatic rings. The minimum Gasteiger partial charge on any atom is -0.379 e. The third kappa shape index (κ3) is 4.36. The zero-order valence-corrected chi connectivity index (χ0v) is 15.2. The number of anilines is 1. The number of pyridine rings is 1. The first-order chi connectivity index (χ1) is 11.9. The zero-order valence-electron chi connectivity index (χ0n) is 14.4. The van der Waals surface area contributed by atoms with E-state index < -0.39 is 5.54 Å². The number of rotatable bonds is 5. The predicted octanol–water partition coefficient (Wildman–Crippen LogP) is 2.14. The van der Waals surface area contributed by atoms with Gasteiger partial charge < -0.3 is 10.1 Å². The molecule has 1 saturated heterocycles. The average molecular weight is 364 g/mol. The Kier molecular flexibility index (Phi) is 5.36. The van der Waals surface area contributed by atoms with Crippen LogP contribution in [0.3, 0.4) is 0 Å². The van der Waals surface area contributed by atoms with Gasteiger partial charge in [-0.15, -0.1) is 0 Å². The van der Waals surface area contributed by atoms with Crippen LogP contribution in [0.4, 0.5) is 5.82 Å². The van der Waals surface area contributed by atoms with Gasteiger partial charge in [-0.1, -0.05) is 17.7 Å². The summed E-state index contributed by atoms with van der Waals surface area (Å²) in [6.07, 6.45) is 4.93. The predicted molar refractivity (Wildman–Crippen MR) is 95.5 cm³/mol. The van der Waals surface area contributed by atoms with Crippen LogP contribution in [0.25, 0.3) is 0 Å². The number of aromatic nitrogens is 3. The fourth-order valence-electron chi connectivity index (χ4n) is 2.59. The highest BCUT2D eigenvalue weighted by Gasteiger charge is 2.31. The van der Waals surface area contributed by atoms with Crippen molar-refractivity contribution in [3.63, 3.8) is 0 Å². The van der Waals surface area contributed by atoms with E-state index in [1.165, 1.54) is 10.9 Å².